The first kappa shape index (κ1) is 25.8. The summed E-state index contributed by atoms with van der Waals surface area (Å²) in [6.07, 6.45) is 2.69. The standard InChI is InChI=1S/C21H39NO4S2/c1-14(2)25-13-19-11-20(26-15(3)4)12-22(19)21(24)16(5)10-18(7)28-27-9-8-17(6)23/h14-16,18-20H,8-13H2,1-7H3/t16?,18?,19-,20+/m0/s1. The van der Waals surface area contributed by atoms with Crippen molar-refractivity contribution in [1.29, 1.82) is 0 Å². The Balaban J connectivity index is 2.56. The van der Waals surface area contributed by atoms with E-state index in [9.17, 15) is 9.59 Å². The van der Waals surface area contributed by atoms with Crippen molar-refractivity contribution in [3.63, 3.8) is 0 Å². The first-order valence-corrected chi connectivity index (χ1v) is 12.8. The van der Waals surface area contributed by atoms with E-state index in [1.165, 1.54) is 0 Å². The normalized spacial score (nSPS) is 22.1. The lowest BCUT2D eigenvalue weighted by molar-refractivity contribution is -0.138. The Bertz CT molecular complexity index is 487. The van der Waals surface area contributed by atoms with Gasteiger partial charge in [0.25, 0.3) is 0 Å². The first-order chi connectivity index (χ1) is 13.1. The van der Waals surface area contributed by atoms with Gasteiger partial charge in [0.2, 0.25) is 5.91 Å². The van der Waals surface area contributed by atoms with Crippen LogP contribution in [-0.2, 0) is 19.1 Å². The monoisotopic (exact) mass is 433 g/mol. The maximum atomic E-state index is 13.1. The summed E-state index contributed by atoms with van der Waals surface area (Å²) in [6, 6.07) is 0.0917. The van der Waals surface area contributed by atoms with Crippen LogP contribution >= 0.6 is 21.6 Å². The fourth-order valence-corrected chi connectivity index (χ4v) is 5.90. The highest BCUT2D eigenvalue weighted by Crippen LogP contribution is 2.32. The number of carbonyl (C=O) groups excluding carboxylic acids is 2. The molecule has 2 unspecified atom stereocenters. The Morgan fingerprint density at radius 1 is 1.11 bits per heavy atom. The number of ketones is 1. The molecule has 164 valence electrons. The second-order valence-electron chi connectivity index (χ2n) is 8.39. The molecule has 0 aromatic heterocycles. The van der Waals surface area contributed by atoms with Gasteiger partial charge in [0, 0.05) is 29.9 Å². The van der Waals surface area contributed by atoms with Crippen LogP contribution in [0.2, 0.25) is 0 Å². The molecule has 7 heteroatoms. The van der Waals surface area contributed by atoms with Gasteiger partial charge in [-0.25, -0.2) is 0 Å². The highest BCUT2D eigenvalue weighted by Gasteiger charge is 2.38. The molecule has 1 rings (SSSR count). The topological polar surface area (TPSA) is 55.8 Å². The molecule has 28 heavy (non-hydrogen) atoms. The highest BCUT2D eigenvalue weighted by atomic mass is 33.1. The molecule has 0 N–H and O–H groups in total. The largest absolute Gasteiger partial charge is 0.377 e. The van der Waals surface area contributed by atoms with Crippen LogP contribution in [-0.4, -0.2) is 65.1 Å². The molecule has 1 aliphatic rings. The molecule has 0 bridgehead atoms. The van der Waals surface area contributed by atoms with Crippen LogP contribution in [0.1, 0.15) is 67.7 Å². The van der Waals surface area contributed by atoms with Gasteiger partial charge in [0.1, 0.15) is 5.78 Å². The second-order valence-corrected chi connectivity index (χ2v) is 11.3. The minimum Gasteiger partial charge on any atom is -0.377 e. The third-order valence-electron chi connectivity index (χ3n) is 4.62. The van der Waals surface area contributed by atoms with Gasteiger partial charge in [-0.2, -0.15) is 0 Å². The number of hydrogen-bond donors (Lipinski definition) is 0. The van der Waals surface area contributed by atoms with Crippen LogP contribution in [0.5, 0.6) is 0 Å². The van der Waals surface area contributed by atoms with Gasteiger partial charge < -0.3 is 14.4 Å². The number of likely N-dealkylation sites (tertiary alicyclic amines) is 1. The number of nitrogens with zero attached hydrogens (tertiary/aromatic N) is 1. The number of hydrogen-bond acceptors (Lipinski definition) is 6. The number of rotatable bonds is 13. The van der Waals surface area contributed by atoms with Gasteiger partial charge in [-0.1, -0.05) is 35.4 Å². The third kappa shape index (κ3) is 9.99. The summed E-state index contributed by atoms with van der Waals surface area (Å²) in [5.41, 5.74) is 0. The van der Waals surface area contributed by atoms with Gasteiger partial charge in [0.05, 0.1) is 31.0 Å². The SMILES string of the molecule is CC(=O)CCSSC(C)CC(C)C(=O)N1C[C@H](OC(C)C)C[C@H]1COC(C)C. The molecule has 0 aromatic carbocycles. The average molecular weight is 434 g/mol. The summed E-state index contributed by atoms with van der Waals surface area (Å²) in [6.45, 7) is 15.1. The van der Waals surface area contributed by atoms with Gasteiger partial charge in [0.15, 0.2) is 0 Å². The van der Waals surface area contributed by atoms with Crippen molar-refractivity contribution in [1.82, 2.24) is 4.90 Å². The molecule has 0 aromatic rings. The zero-order valence-electron chi connectivity index (χ0n) is 18.6. The molecule has 5 nitrogen and oxygen atoms in total. The second kappa shape index (κ2) is 13.1. The molecular weight excluding hydrogens is 394 g/mol. The van der Waals surface area contributed by atoms with Gasteiger partial charge in [-0.15, -0.1) is 0 Å². The zero-order chi connectivity index (χ0) is 21.3. The fourth-order valence-electron chi connectivity index (χ4n) is 3.36. The van der Waals surface area contributed by atoms with E-state index < -0.39 is 0 Å². The number of Topliss-reactive ketones (excluding diaryl/α,β-unsaturated/α-hetero) is 1. The van der Waals surface area contributed by atoms with Crippen molar-refractivity contribution in [2.24, 2.45) is 5.92 Å². The molecule has 1 amide bonds. The molecule has 0 aliphatic carbocycles. The lowest BCUT2D eigenvalue weighted by Crippen LogP contribution is -2.42. The maximum absolute atomic E-state index is 13.1. The van der Waals surface area contributed by atoms with Gasteiger partial charge in [-0.05, 0) is 47.5 Å². The predicted octanol–water partition coefficient (Wildman–Crippen LogP) is 4.58. The fraction of sp³-hybridized carbons (Fsp3) is 0.905. The Hall–Kier alpha value is -0.240. The third-order valence-corrected chi connectivity index (χ3v) is 7.54. The summed E-state index contributed by atoms with van der Waals surface area (Å²) < 4.78 is 11.8. The molecule has 1 aliphatic heterocycles. The van der Waals surface area contributed by atoms with E-state index in [4.69, 9.17) is 9.47 Å². The molecule has 0 spiro atoms. The molecule has 0 saturated carbocycles. The molecule has 1 fully saturated rings. The Morgan fingerprint density at radius 2 is 1.79 bits per heavy atom. The summed E-state index contributed by atoms with van der Waals surface area (Å²) >= 11 is 0. The minimum absolute atomic E-state index is 0.0322. The van der Waals surface area contributed by atoms with Crippen LogP contribution in [0, 0.1) is 5.92 Å². The van der Waals surface area contributed by atoms with Crippen molar-refractivity contribution in [3.05, 3.63) is 0 Å². The Labute approximate surface area is 179 Å². The van der Waals surface area contributed by atoms with Crippen LogP contribution in [0.3, 0.4) is 0 Å². The van der Waals surface area contributed by atoms with E-state index in [0.717, 1.165) is 18.6 Å². The van der Waals surface area contributed by atoms with E-state index in [0.29, 0.717) is 24.8 Å². The lowest BCUT2D eigenvalue weighted by atomic mass is 10.0. The van der Waals surface area contributed by atoms with Crippen molar-refractivity contribution in [2.75, 3.05) is 18.9 Å². The van der Waals surface area contributed by atoms with E-state index in [1.54, 1.807) is 28.5 Å². The minimum atomic E-state index is -0.0322. The quantitative estimate of drug-likeness (QED) is 0.313. The lowest BCUT2D eigenvalue weighted by Gasteiger charge is -2.28. The van der Waals surface area contributed by atoms with Crippen LogP contribution < -0.4 is 0 Å². The highest BCUT2D eigenvalue weighted by molar-refractivity contribution is 8.76. The number of amides is 1. The maximum Gasteiger partial charge on any atom is 0.225 e. The van der Waals surface area contributed by atoms with Crippen LogP contribution in [0.4, 0.5) is 0 Å². The Kier molecular flexibility index (Phi) is 12.1. The molecule has 0 radical (unpaired) electrons. The molecule has 1 heterocycles. The number of carbonyl (C=O) groups is 2. The average Bonchev–Trinajstić information content (AvgIpc) is 2.97. The van der Waals surface area contributed by atoms with Gasteiger partial charge in [-0.3, -0.25) is 9.59 Å². The first-order valence-electron chi connectivity index (χ1n) is 10.4. The predicted molar refractivity (Wildman–Crippen MR) is 120 cm³/mol. The van der Waals surface area contributed by atoms with Crippen molar-refractivity contribution < 1.29 is 19.1 Å². The van der Waals surface area contributed by atoms with E-state index in [1.807, 2.05) is 39.5 Å². The van der Waals surface area contributed by atoms with Crippen LogP contribution in [0.25, 0.3) is 0 Å². The van der Waals surface area contributed by atoms with Gasteiger partial charge >= 0.3 is 0 Å². The van der Waals surface area contributed by atoms with Crippen molar-refractivity contribution in [2.45, 2.75) is 97.3 Å². The molecular formula is C21H39NO4S2. The summed E-state index contributed by atoms with van der Waals surface area (Å²) in [7, 11) is 3.50. The number of ether oxygens (including phenoxy) is 2. The van der Waals surface area contributed by atoms with Crippen LogP contribution in [0.15, 0.2) is 0 Å². The summed E-state index contributed by atoms with van der Waals surface area (Å²) in [5.74, 6) is 1.23. The van der Waals surface area contributed by atoms with E-state index in [-0.39, 0.29) is 42.0 Å². The molecule has 1 saturated heterocycles. The zero-order valence-corrected chi connectivity index (χ0v) is 20.2. The van der Waals surface area contributed by atoms with Crippen molar-refractivity contribution in [3.8, 4) is 0 Å². The Morgan fingerprint density at radius 3 is 2.36 bits per heavy atom. The smallest absolute Gasteiger partial charge is 0.225 e. The molecule has 4 atom stereocenters. The summed E-state index contributed by atoms with van der Waals surface area (Å²) in [5, 5.41) is 0.367. The summed E-state index contributed by atoms with van der Waals surface area (Å²) in [4.78, 5) is 26.2. The van der Waals surface area contributed by atoms with E-state index >= 15 is 0 Å². The van der Waals surface area contributed by atoms with Crippen molar-refractivity contribution >= 4 is 33.3 Å². The van der Waals surface area contributed by atoms with E-state index in [2.05, 4.69) is 6.92 Å².